The largest absolute Gasteiger partial charge is 0.493 e. The van der Waals surface area contributed by atoms with Gasteiger partial charge in [0.25, 0.3) is 5.92 Å². The number of hydrogen-bond acceptors (Lipinski definition) is 3. The van der Waals surface area contributed by atoms with Crippen molar-refractivity contribution in [3.63, 3.8) is 0 Å². The van der Waals surface area contributed by atoms with Crippen molar-refractivity contribution in [3.8, 4) is 11.5 Å². The van der Waals surface area contributed by atoms with Crippen LogP contribution < -0.4 is 9.47 Å². The fourth-order valence-corrected chi connectivity index (χ4v) is 4.83. The van der Waals surface area contributed by atoms with Crippen LogP contribution >= 0.6 is 0 Å². The summed E-state index contributed by atoms with van der Waals surface area (Å²) in [4.78, 5) is 0. The van der Waals surface area contributed by atoms with E-state index < -0.39 is 17.7 Å². The lowest BCUT2D eigenvalue weighted by Gasteiger charge is -2.34. The summed E-state index contributed by atoms with van der Waals surface area (Å²) >= 11 is 0. The molecule has 0 heterocycles. The molecule has 0 saturated heterocycles. The summed E-state index contributed by atoms with van der Waals surface area (Å²) in [5.74, 6) is -2.31. The van der Waals surface area contributed by atoms with Crippen LogP contribution in [0.4, 0.5) is 13.2 Å². The molecule has 2 fully saturated rings. The van der Waals surface area contributed by atoms with Crippen LogP contribution in [0.2, 0.25) is 0 Å². The average molecular weight is 457 g/mol. The van der Waals surface area contributed by atoms with E-state index in [9.17, 15) is 13.2 Å². The van der Waals surface area contributed by atoms with Gasteiger partial charge in [0.2, 0.25) is 0 Å². The zero-order valence-corrected chi connectivity index (χ0v) is 19.6. The Balaban J connectivity index is 1.35. The smallest absolute Gasteiger partial charge is 0.254 e. The zero-order valence-electron chi connectivity index (χ0n) is 19.6. The number of hydrogen-bond donors (Lipinski definition) is 0. The molecule has 182 valence electrons. The van der Waals surface area contributed by atoms with Crippen molar-refractivity contribution in [2.45, 2.75) is 90.1 Å². The van der Waals surface area contributed by atoms with Crippen LogP contribution in [0.3, 0.4) is 0 Å². The average Bonchev–Trinajstić information content (AvgIpc) is 2.78. The Morgan fingerprint density at radius 3 is 2.31 bits per heavy atom. The van der Waals surface area contributed by atoms with Crippen molar-refractivity contribution < 1.29 is 27.4 Å². The third-order valence-electron chi connectivity index (χ3n) is 7.04. The Hall–Kier alpha value is -1.43. The van der Waals surface area contributed by atoms with E-state index in [-0.39, 0.29) is 24.5 Å². The van der Waals surface area contributed by atoms with Crippen LogP contribution in [0.5, 0.6) is 11.5 Å². The van der Waals surface area contributed by atoms with Crippen LogP contribution in [-0.4, -0.2) is 31.8 Å². The molecule has 0 atom stereocenters. The van der Waals surface area contributed by atoms with Gasteiger partial charge in [-0.05, 0) is 81.8 Å². The summed E-state index contributed by atoms with van der Waals surface area (Å²) < 4.78 is 60.3. The third-order valence-corrected chi connectivity index (χ3v) is 7.04. The Morgan fingerprint density at radius 2 is 1.66 bits per heavy atom. The molecule has 0 aliphatic heterocycles. The van der Waals surface area contributed by atoms with Crippen molar-refractivity contribution in [2.75, 3.05) is 19.8 Å². The van der Waals surface area contributed by atoms with E-state index in [1.807, 2.05) is 6.92 Å². The van der Waals surface area contributed by atoms with E-state index in [0.717, 1.165) is 38.0 Å². The minimum absolute atomic E-state index is 0.134. The normalized spacial score (nSPS) is 26.7. The summed E-state index contributed by atoms with van der Waals surface area (Å²) in [7, 11) is 0. The van der Waals surface area contributed by atoms with Gasteiger partial charge in [0.1, 0.15) is 5.75 Å². The van der Waals surface area contributed by atoms with E-state index >= 15 is 0 Å². The minimum atomic E-state index is -2.77. The van der Waals surface area contributed by atoms with Crippen LogP contribution in [-0.2, 0) is 4.74 Å². The molecular formula is C26H39F3O3. The van der Waals surface area contributed by atoms with Gasteiger partial charge in [0, 0.05) is 25.0 Å². The standard InChI is InChI=1S/C26H39F3O3/c1-3-15-31-25-13-12-23(17-24(25)27)30-16-14-26(28,29)21-8-6-20(7-9-21)18-32-22-10-4-19(2)5-11-22/h12-13,17,19-22H,3-11,14-16,18H2,1-2H3. The minimum Gasteiger partial charge on any atom is -0.493 e. The molecule has 2 saturated carbocycles. The second-order valence-electron chi connectivity index (χ2n) is 9.73. The molecule has 2 aliphatic carbocycles. The molecule has 0 radical (unpaired) electrons. The summed E-state index contributed by atoms with van der Waals surface area (Å²) in [6.45, 7) is 5.24. The maximum Gasteiger partial charge on any atom is 0.254 e. The highest BCUT2D eigenvalue weighted by Crippen LogP contribution is 2.41. The summed E-state index contributed by atoms with van der Waals surface area (Å²) in [5.41, 5.74) is 0. The number of halogens is 3. The highest BCUT2D eigenvalue weighted by atomic mass is 19.3. The van der Waals surface area contributed by atoms with Crippen LogP contribution in [0, 0.1) is 23.6 Å². The van der Waals surface area contributed by atoms with Crippen molar-refractivity contribution in [1.82, 2.24) is 0 Å². The van der Waals surface area contributed by atoms with E-state index in [2.05, 4.69) is 6.92 Å². The molecule has 6 heteroatoms. The third kappa shape index (κ3) is 7.57. The number of rotatable bonds is 11. The van der Waals surface area contributed by atoms with Gasteiger partial charge in [-0.15, -0.1) is 0 Å². The molecule has 1 aromatic carbocycles. The van der Waals surface area contributed by atoms with Crippen LogP contribution in [0.15, 0.2) is 18.2 Å². The second kappa shape index (κ2) is 12.2. The van der Waals surface area contributed by atoms with Crippen molar-refractivity contribution in [2.24, 2.45) is 17.8 Å². The molecule has 3 nitrogen and oxygen atoms in total. The summed E-state index contributed by atoms with van der Waals surface area (Å²) in [6.07, 6.45) is 8.17. The van der Waals surface area contributed by atoms with Gasteiger partial charge in [0.15, 0.2) is 11.6 Å². The monoisotopic (exact) mass is 456 g/mol. The van der Waals surface area contributed by atoms with Gasteiger partial charge in [-0.25, -0.2) is 13.2 Å². The van der Waals surface area contributed by atoms with Gasteiger partial charge in [-0.1, -0.05) is 13.8 Å². The van der Waals surface area contributed by atoms with Crippen molar-refractivity contribution in [3.05, 3.63) is 24.0 Å². The Bertz CT molecular complexity index is 681. The van der Waals surface area contributed by atoms with Gasteiger partial charge in [-0.2, -0.15) is 0 Å². The molecule has 0 bridgehead atoms. The quantitative estimate of drug-likeness (QED) is 0.347. The molecular weight excluding hydrogens is 417 g/mol. The van der Waals surface area contributed by atoms with Gasteiger partial charge in [0.05, 0.1) is 19.3 Å². The second-order valence-corrected chi connectivity index (χ2v) is 9.73. The fourth-order valence-electron chi connectivity index (χ4n) is 4.83. The zero-order chi connectivity index (χ0) is 23.0. The molecule has 2 aliphatic rings. The SMILES string of the molecule is CCCOc1ccc(OCCC(F)(F)C2CCC(COC3CCC(C)CC3)CC2)cc1F. The topological polar surface area (TPSA) is 27.7 Å². The molecule has 3 rings (SSSR count). The van der Waals surface area contributed by atoms with E-state index in [1.54, 1.807) is 6.07 Å². The fraction of sp³-hybridized carbons (Fsp3) is 0.769. The first-order valence-electron chi connectivity index (χ1n) is 12.4. The molecule has 0 unspecified atom stereocenters. The lowest BCUT2D eigenvalue weighted by Crippen LogP contribution is -2.34. The number of alkyl halides is 2. The van der Waals surface area contributed by atoms with Gasteiger partial charge in [-0.3, -0.25) is 0 Å². The Kier molecular flexibility index (Phi) is 9.57. The van der Waals surface area contributed by atoms with Crippen molar-refractivity contribution >= 4 is 0 Å². The summed E-state index contributed by atoms with van der Waals surface area (Å²) in [5, 5.41) is 0. The van der Waals surface area contributed by atoms with E-state index in [4.69, 9.17) is 14.2 Å². The van der Waals surface area contributed by atoms with E-state index in [0.29, 0.717) is 38.1 Å². The van der Waals surface area contributed by atoms with Crippen LogP contribution in [0.1, 0.15) is 78.1 Å². The number of ether oxygens (including phenoxy) is 3. The highest BCUT2D eigenvalue weighted by Gasteiger charge is 2.41. The van der Waals surface area contributed by atoms with Gasteiger partial charge < -0.3 is 14.2 Å². The van der Waals surface area contributed by atoms with Gasteiger partial charge >= 0.3 is 0 Å². The highest BCUT2D eigenvalue weighted by molar-refractivity contribution is 5.33. The Labute approximate surface area is 191 Å². The molecule has 0 aromatic heterocycles. The molecule has 0 amide bonds. The van der Waals surface area contributed by atoms with Crippen LogP contribution in [0.25, 0.3) is 0 Å². The molecule has 0 spiro atoms. The number of benzene rings is 1. The van der Waals surface area contributed by atoms with Crippen molar-refractivity contribution in [1.29, 1.82) is 0 Å². The lowest BCUT2D eigenvalue weighted by molar-refractivity contribution is -0.0933. The lowest BCUT2D eigenvalue weighted by atomic mass is 9.78. The first kappa shape index (κ1) is 25.2. The maximum absolute atomic E-state index is 14.7. The first-order chi connectivity index (χ1) is 15.4. The predicted octanol–water partition coefficient (Wildman–Crippen LogP) is 7.42. The molecule has 0 N–H and O–H groups in total. The Morgan fingerprint density at radius 1 is 0.938 bits per heavy atom. The molecule has 32 heavy (non-hydrogen) atoms. The van der Waals surface area contributed by atoms with E-state index in [1.165, 1.54) is 25.0 Å². The molecule has 1 aromatic rings. The summed E-state index contributed by atoms with van der Waals surface area (Å²) in [6, 6.07) is 4.24. The maximum atomic E-state index is 14.7. The predicted molar refractivity (Wildman–Crippen MR) is 120 cm³/mol. The first-order valence-corrected chi connectivity index (χ1v) is 12.4.